The number of carbonyl (C=O) groups is 2. The number of halogens is 1. The molecule has 1 saturated carbocycles. The molecule has 178 valence electrons. The van der Waals surface area contributed by atoms with E-state index in [1.54, 1.807) is 27.7 Å². The van der Waals surface area contributed by atoms with E-state index < -0.39 is 29.0 Å². The molecule has 1 aliphatic carbocycles. The van der Waals surface area contributed by atoms with Gasteiger partial charge in [0.1, 0.15) is 11.2 Å². The smallest absolute Gasteiger partial charge is 0.407 e. The molecule has 1 aliphatic heterocycles. The first-order valence-corrected chi connectivity index (χ1v) is 11.3. The van der Waals surface area contributed by atoms with Crippen molar-refractivity contribution < 1.29 is 23.8 Å². The van der Waals surface area contributed by atoms with Crippen LogP contribution < -0.4 is 15.8 Å². The number of carbonyl (C=O) groups excluding carboxylic acids is 1. The Morgan fingerprint density at radius 3 is 2.58 bits per heavy atom. The summed E-state index contributed by atoms with van der Waals surface area (Å²) in [7, 11) is 0. The molecule has 2 aromatic heterocycles. The van der Waals surface area contributed by atoms with Gasteiger partial charge in [-0.2, -0.15) is 0 Å². The normalized spacial score (nSPS) is 18.6. The maximum Gasteiger partial charge on any atom is 0.407 e. The van der Waals surface area contributed by atoms with E-state index in [9.17, 15) is 19.5 Å². The zero-order valence-corrected chi connectivity index (χ0v) is 19.4. The number of anilines is 1. The lowest BCUT2D eigenvalue weighted by atomic mass is 10.0. The Morgan fingerprint density at radius 1 is 1.27 bits per heavy atom. The lowest BCUT2D eigenvalue weighted by Gasteiger charge is -2.24. The molecule has 0 bridgehead atoms. The predicted octanol–water partition coefficient (Wildman–Crippen LogP) is 3.67. The van der Waals surface area contributed by atoms with Crippen molar-refractivity contribution in [1.82, 2.24) is 9.72 Å². The Hall–Kier alpha value is -3.10. The molecular formula is C24H30FN3O5. The number of nitrogens with one attached hydrogen (secondary N) is 1. The van der Waals surface area contributed by atoms with E-state index in [1.165, 1.54) is 6.07 Å². The maximum absolute atomic E-state index is 15.3. The van der Waals surface area contributed by atoms with Crippen LogP contribution in [0.2, 0.25) is 0 Å². The van der Waals surface area contributed by atoms with Gasteiger partial charge in [0, 0.05) is 19.6 Å². The summed E-state index contributed by atoms with van der Waals surface area (Å²) in [5.74, 6) is -1.56. The number of aromatic carboxylic acids is 1. The summed E-state index contributed by atoms with van der Waals surface area (Å²) in [6.07, 6.45) is 3.25. The maximum atomic E-state index is 15.3. The molecule has 8 nitrogen and oxygen atoms in total. The third kappa shape index (κ3) is 4.67. The molecule has 1 unspecified atom stereocenters. The van der Waals surface area contributed by atoms with Crippen LogP contribution in [-0.4, -0.2) is 46.8 Å². The minimum atomic E-state index is -1.31. The molecule has 1 amide bonds. The zero-order chi connectivity index (χ0) is 24.1. The largest absolute Gasteiger partial charge is 0.477 e. The molecule has 1 saturated heterocycles. The zero-order valence-electron chi connectivity index (χ0n) is 19.4. The molecule has 0 aromatic carbocycles. The van der Waals surface area contributed by atoms with Crippen molar-refractivity contribution in [3.63, 3.8) is 0 Å². The average Bonchev–Trinajstić information content (AvgIpc) is 3.44. The number of aromatic nitrogens is 1. The van der Waals surface area contributed by atoms with Crippen molar-refractivity contribution >= 4 is 23.3 Å². The highest BCUT2D eigenvalue weighted by atomic mass is 19.1. The minimum absolute atomic E-state index is 0.132. The van der Waals surface area contributed by atoms with E-state index in [-0.39, 0.29) is 17.4 Å². The molecule has 2 N–H and O–H groups in total. The van der Waals surface area contributed by atoms with Gasteiger partial charge >= 0.3 is 12.1 Å². The molecule has 0 radical (unpaired) electrons. The van der Waals surface area contributed by atoms with E-state index in [0.29, 0.717) is 36.4 Å². The third-order valence-corrected chi connectivity index (χ3v) is 6.23. The number of nitrogens with zero attached hydrogens (tertiary/aromatic N) is 2. The summed E-state index contributed by atoms with van der Waals surface area (Å²) < 4.78 is 21.7. The molecule has 33 heavy (non-hydrogen) atoms. The molecule has 3 heterocycles. The van der Waals surface area contributed by atoms with E-state index >= 15 is 4.39 Å². The number of amides is 1. The van der Waals surface area contributed by atoms with Crippen molar-refractivity contribution in [2.24, 2.45) is 5.92 Å². The number of fused-ring (bicyclic) bond motifs is 1. The number of pyridine rings is 2. The van der Waals surface area contributed by atoms with Crippen molar-refractivity contribution in [3.8, 4) is 0 Å². The first kappa shape index (κ1) is 23.1. The van der Waals surface area contributed by atoms with Crippen LogP contribution in [0, 0.1) is 18.7 Å². The fourth-order valence-electron chi connectivity index (χ4n) is 4.63. The average molecular weight is 460 g/mol. The highest BCUT2D eigenvalue weighted by molar-refractivity contribution is 5.89. The van der Waals surface area contributed by atoms with E-state index in [0.717, 1.165) is 35.4 Å². The van der Waals surface area contributed by atoms with Crippen LogP contribution in [0.5, 0.6) is 0 Å². The van der Waals surface area contributed by atoms with Crippen LogP contribution in [-0.2, 0) is 4.74 Å². The molecule has 2 aliphatic rings. The Balaban J connectivity index is 1.62. The van der Waals surface area contributed by atoms with Gasteiger partial charge in [0.2, 0.25) is 0 Å². The summed E-state index contributed by atoms with van der Waals surface area (Å²) in [5, 5.41) is 12.2. The van der Waals surface area contributed by atoms with Crippen LogP contribution in [0.25, 0.3) is 5.52 Å². The number of alkyl carbamates (subject to hydrolysis) is 1. The van der Waals surface area contributed by atoms with Crippen LogP contribution in [0.4, 0.5) is 14.9 Å². The Morgan fingerprint density at radius 2 is 1.97 bits per heavy atom. The summed E-state index contributed by atoms with van der Waals surface area (Å²) in [5.41, 5.74) is 0.805. The van der Waals surface area contributed by atoms with Crippen LogP contribution in [0.15, 0.2) is 17.1 Å². The van der Waals surface area contributed by atoms with Gasteiger partial charge < -0.3 is 20.1 Å². The van der Waals surface area contributed by atoms with Crippen LogP contribution in [0.3, 0.4) is 0 Å². The number of carboxylic acids is 1. The van der Waals surface area contributed by atoms with Crippen molar-refractivity contribution in [3.05, 3.63) is 45.1 Å². The van der Waals surface area contributed by atoms with Gasteiger partial charge in [-0.15, -0.1) is 0 Å². The molecule has 2 fully saturated rings. The van der Waals surface area contributed by atoms with Gasteiger partial charge in [0.15, 0.2) is 5.82 Å². The minimum Gasteiger partial charge on any atom is -0.477 e. The molecule has 9 heteroatoms. The standard InChI is InChI=1S/C24H30FN3O5/c1-13-19-16(15-5-6-15)9-17(22(30)31)21(29)28(19)12-18(25)20(13)27-8-7-14(11-27)10-26-23(32)33-24(2,3)4/h9,12,14-15H,5-8,10-11H2,1-4H3,(H,26,32)(H,30,31). The summed E-state index contributed by atoms with van der Waals surface area (Å²) in [6.45, 7) is 8.78. The first-order chi connectivity index (χ1) is 15.5. The molecular weight excluding hydrogens is 429 g/mol. The fraction of sp³-hybridized carbons (Fsp3) is 0.542. The van der Waals surface area contributed by atoms with Gasteiger partial charge in [-0.3, -0.25) is 9.20 Å². The number of rotatable bonds is 5. The SMILES string of the molecule is Cc1c(N2CCC(CNC(=O)OC(C)(C)C)C2)c(F)cn2c(=O)c(C(=O)O)cc(C3CC3)c12. The predicted molar refractivity (Wildman–Crippen MR) is 122 cm³/mol. The number of aryl methyl sites for hydroxylation is 1. The van der Waals surface area contributed by atoms with E-state index in [1.807, 2.05) is 4.90 Å². The number of carboxylic acid groups (broad SMARTS) is 1. The highest BCUT2D eigenvalue weighted by Gasteiger charge is 2.32. The second kappa shape index (κ2) is 8.35. The quantitative estimate of drug-likeness (QED) is 0.708. The summed E-state index contributed by atoms with van der Waals surface area (Å²) in [4.78, 5) is 38.2. The van der Waals surface area contributed by atoms with E-state index in [4.69, 9.17) is 4.74 Å². The van der Waals surface area contributed by atoms with Gasteiger partial charge in [0.05, 0.1) is 17.4 Å². The second-order valence-corrected chi connectivity index (χ2v) is 10.1. The molecule has 0 spiro atoms. The topological polar surface area (TPSA) is 100 Å². The van der Waals surface area contributed by atoms with Gasteiger partial charge in [-0.1, -0.05) is 0 Å². The summed E-state index contributed by atoms with van der Waals surface area (Å²) in [6, 6.07) is 1.46. The Labute approximate surface area is 191 Å². The fourth-order valence-corrected chi connectivity index (χ4v) is 4.63. The highest BCUT2D eigenvalue weighted by Crippen LogP contribution is 2.44. The molecule has 2 aromatic rings. The second-order valence-electron chi connectivity index (χ2n) is 10.1. The van der Waals surface area contributed by atoms with Gasteiger partial charge in [-0.25, -0.2) is 14.0 Å². The summed E-state index contributed by atoms with van der Waals surface area (Å²) >= 11 is 0. The molecule has 4 rings (SSSR count). The lowest BCUT2D eigenvalue weighted by Crippen LogP contribution is -2.36. The first-order valence-electron chi connectivity index (χ1n) is 11.3. The van der Waals surface area contributed by atoms with Crippen molar-refractivity contribution in [2.75, 3.05) is 24.5 Å². The van der Waals surface area contributed by atoms with Gasteiger partial charge in [-0.05, 0) is 76.0 Å². The Bertz CT molecular complexity index is 1180. The lowest BCUT2D eigenvalue weighted by molar-refractivity contribution is 0.0520. The number of ether oxygens (including phenoxy) is 1. The van der Waals surface area contributed by atoms with E-state index in [2.05, 4.69) is 5.32 Å². The van der Waals surface area contributed by atoms with Crippen LogP contribution in [0.1, 0.15) is 67.4 Å². The number of hydrogen-bond donors (Lipinski definition) is 2. The Kier molecular flexibility index (Phi) is 5.84. The third-order valence-electron chi connectivity index (χ3n) is 6.23. The van der Waals surface area contributed by atoms with Crippen molar-refractivity contribution in [1.29, 1.82) is 0 Å². The number of hydrogen-bond acceptors (Lipinski definition) is 5. The molecule has 1 atom stereocenters. The monoisotopic (exact) mass is 459 g/mol. The van der Waals surface area contributed by atoms with Gasteiger partial charge in [0.25, 0.3) is 5.56 Å². The van der Waals surface area contributed by atoms with Crippen molar-refractivity contribution in [2.45, 2.75) is 58.5 Å². The van der Waals surface area contributed by atoms with Crippen LogP contribution >= 0.6 is 0 Å².